The first kappa shape index (κ1) is 12.7. The maximum Gasteiger partial charge on any atom is 0.311 e. The van der Waals surface area contributed by atoms with Crippen molar-refractivity contribution in [3.8, 4) is 11.5 Å². The van der Waals surface area contributed by atoms with Crippen LogP contribution in [0.15, 0.2) is 18.2 Å². The van der Waals surface area contributed by atoms with E-state index < -0.39 is 17.9 Å². The summed E-state index contributed by atoms with van der Waals surface area (Å²) in [6.07, 6.45) is 0. The molecule has 0 radical (unpaired) electrons. The van der Waals surface area contributed by atoms with Gasteiger partial charge in [-0.05, 0) is 18.2 Å². The molecule has 20 heavy (non-hydrogen) atoms. The number of amides is 1. The molecule has 106 valence electrons. The average molecular weight is 279 g/mol. The smallest absolute Gasteiger partial charge is 0.311 e. The van der Waals surface area contributed by atoms with Crippen LogP contribution in [0.25, 0.3) is 0 Å². The van der Waals surface area contributed by atoms with Crippen molar-refractivity contribution in [3.63, 3.8) is 0 Å². The van der Waals surface area contributed by atoms with Gasteiger partial charge in [-0.2, -0.15) is 0 Å². The summed E-state index contributed by atoms with van der Waals surface area (Å²) in [4.78, 5) is 23.1. The average Bonchev–Trinajstić information content (AvgIpc) is 3.05. The highest BCUT2D eigenvalue weighted by Gasteiger charge is 2.35. The second kappa shape index (κ2) is 5.01. The van der Waals surface area contributed by atoms with Gasteiger partial charge in [0.1, 0.15) is 5.92 Å². The van der Waals surface area contributed by atoms with Crippen molar-refractivity contribution in [3.05, 3.63) is 23.8 Å². The van der Waals surface area contributed by atoms with Crippen molar-refractivity contribution in [1.82, 2.24) is 5.32 Å². The molecule has 0 bridgehead atoms. The topological polar surface area (TPSA) is 94.1 Å². The van der Waals surface area contributed by atoms with Crippen LogP contribution in [0.5, 0.6) is 11.5 Å². The SMILES string of the molecule is O=C(NC1COCC1C(=O)O)c1ccc2c(c1)OCO2. The van der Waals surface area contributed by atoms with E-state index in [-0.39, 0.29) is 25.9 Å². The molecule has 0 aromatic heterocycles. The first-order chi connectivity index (χ1) is 9.65. The van der Waals surface area contributed by atoms with E-state index in [1.807, 2.05) is 0 Å². The minimum Gasteiger partial charge on any atom is -0.481 e. The van der Waals surface area contributed by atoms with Crippen molar-refractivity contribution in [2.24, 2.45) is 5.92 Å². The molecule has 1 amide bonds. The lowest BCUT2D eigenvalue weighted by molar-refractivity contribution is -0.142. The second-order valence-corrected chi connectivity index (χ2v) is 4.63. The van der Waals surface area contributed by atoms with Crippen LogP contribution in [0.2, 0.25) is 0 Å². The second-order valence-electron chi connectivity index (χ2n) is 4.63. The standard InChI is InChI=1S/C13H13NO6/c15-12(14-9-5-18-4-8(9)13(16)17)7-1-2-10-11(3-7)20-6-19-10/h1-3,8-9H,4-6H2,(H,14,15)(H,16,17). The van der Waals surface area contributed by atoms with E-state index in [1.54, 1.807) is 18.2 Å². The van der Waals surface area contributed by atoms with Crippen molar-refractivity contribution >= 4 is 11.9 Å². The van der Waals surface area contributed by atoms with Crippen LogP contribution in [-0.2, 0) is 9.53 Å². The monoisotopic (exact) mass is 279 g/mol. The molecule has 7 nitrogen and oxygen atoms in total. The Bertz CT molecular complexity index is 558. The molecule has 0 aliphatic carbocycles. The molecular weight excluding hydrogens is 266 g/mol. The number of fused-ring (bicyclic) bond motifs is 1. The molecule has 3 rings (SSSR count). The number of carboxylic acids is 1. The van der Waals surface area contributed by atoms with E-state index in [4.69, 9.17) is 19.3 Å². The molecule has 2 atom stereocenters. The van der Waals surface area contributed by atoms with Crippen LogP contribution in [-0.4, -0.2) is 43.0 Å². The van der Waals surface area contributed by atoms with Crippen LogP contribution in [0.3, 0.4) is 0 Å². The molecule has 1 aromatic rings. The van der Waals surface area contributed by atoms with Crippen LogP contribution >= 0.6 is 0 Å². The van der Waals surface area contributed by atoms with E-state index in [0.717, 1.165) is 0 Å². The molecule has 1 aromatic carbocycles. The number of aliphatic carboxylic acids is 1. The van der Waals surface area contributed by atoms with E-state index in [0.29, 0.717) is 17.1 Å². The maximum atomic E-state index is 12.1. The molecule has 2 aliphatic rings. The quantitative estimate of drug-likeness (QED) is 0.823. The number of hydrogen-bond donors (Lipinski definition) is 2. The fourth-order valence-electron chi connectivity index (χ4n) is 2.23. The molecule has 7 heteroatoms. The number of hydrogen-bond acceptors (Lipinski definition) is 5. The van der Waals surface area contributed by atoms with Crippen LogP contribution in [0.1, 0.15) is 10.4 Å². The number of benzene rings is 1. The third kappa shape index (κ3) is 2.27. The number of carbonyl (C=O) groups is 2. The minimum absolute atomic E-state index is 0.113. The fourth-order valence-corrected chi connectivity index (χ4v) is 2.23. The molecule has 0 saturated carbocycles. The number of carboxylic acid groups (broad SMARTS) is 1. The Morgan fingerprint density at radius 2 is 2.00 bits per heavy atom. The molecule has 2 heterocycles. The Morgan fingerprint density at radius 1 is 1.20 bits per heavy atom. The summed E-state index contributed by atoms with van der Waals surface area (Å²) in [7, 11) is 0. The van der Waals surface area contributed by atoms with Crippen LogP contribution < -0.4 is 14.8 Å². The summed E-state index contributed by atoms with van der Waals surface area (Å²) in [5.41, 5.74) is 0.394. The number of rotatable bonds is 3. The Morgan fingerprint density at radius 3 is 2.80 bits per heavy atom. The van der Waals surface area contributed by atoms with Crippen molar-refractivity contribution in [2.45, 2.75) is 6.04 Å². The summed E-state index contributed by atoms with van der Waals surface area (Å²) < 4.78 is 15.5. The molecule has 2 N–H and O–H groups in total. The highest BCUT2D eigenvalue weighted by atomic mass is 16.7. The molecule has 1 fully saturated rings. The van der Waals surface area contributed by atoms with Gasteiger partial charge in [0, 0.05) is 5.56 Å². The summed E-state index contributed by atoms with van der Waals surface area (Å²) >= 11 is 0. The predicted octanol–water partition coefficient (Wildman–Crippen LogP) is 0.245. The first-order valence-corrected chi connectivity index (χ1v) is 6.16. The predicted molar refractivity (Wildman–Crippen MR) is 65.8 cm³/mol. The van der Waals surface area contributed by atoms with Gasteiger partial charge < -0.3 is 24.6 Å². The fraction of sp³-hybridized carbons (Fsp3) is 0.385. The lowest BCUT2D eigenvalue weighted by atomic mass is 10.0. The van der Waals surface area contributed by atoms with Gasteiger partial charge >= 0.3 is 5.97 Å². The molecule has 1 saturated heterocycles. The number of ether oxygens (including phenoxy) is 3. The van der Waals surface area contributed by atoms with Gasteiger partial charge in [0.15, 0.2) is 11.5 Å². The Hall–Kier alpha value is -2.28. The molecular formula is C13H13NO6. The lowest BCUT2D eigenvalue weighted by Gasteiger charge is -2.15. The zero-order chi connectivity index (χ0) is 14.1. The zero-order valence-electron chi connectivity index (χ0n) is 10.5. The summed E-state index contributed by atoms with van der Waals surface area (Å²) in [6, 6.07) is 4.31. The van der Waals surface area contributed by atoms with Gasteiger partial charge in [-0.1, -0.05) is 0 Å². The first-order valence-electron chi connectivity index (χ1n) is 6.16. The summed E-state index contributed by atoms with van der Waals surface area (Å²) in [5.74, 6) is -0.944. The molecule has 2 unspecified atom stereocenters. The van der Waals surface area contributed by atoms with E-state index >= 15 is 0 Å². The Balaban J connectivity index is 1.71. The van der Waals surface area contributed by atoms with Gasteiger partial charge in [0.2, 0.25) is 6.79 Å². The van der Waals surface area contributed by atoms with Crippen molar-refractivity contribution in [2.75, 3.05) is 20.0 Å². The Labute approximate surface area is 114 Å². The van der Waals surface area contributed by atoms with Gasteiger partial charge in [-0.3, -0.25) is 9.59 Å². The van der Waals surface area contributed by atoms with Crippen molar-refractivity contribution < 1.29 is 28.9 Å². The van der Waals surface area contributed by atoms with E-state index in [2.05, 4.69) is 5.32 Å². The highest BCUT2D eigenvalue weighted by molar-refractivity contribution is 5.95. The van der Waals surface area contributed by atoms with Gasteiger partial charge in [-0.25, -0.2) is 0 Å². The largest absolute Gasteiger partial charge is 0.481 e. The number of carbonyl (C=O) groups excluding carboxylic acids is 1. The lowest BCUT2D eigenvalue weighted by Crippen LogP contribution is -2.42. The zero-order valence-corrected chi connectivity index (χ0v) is 10.5. The van der Waals surface area contributed by atoms with Crippen LogP contribution in [0.4, 0.5) is 0 Å². The highest BCUT2D eigenvalue weighted by Crippen LogP contribution is 2.32. The van der Waals surface area contributed by atoms with Gasteiger partial charge in [0.05, 0.1) is 19.3 Å². The van der Waals surface area contributed by atoms with E-state index in [1.165, 1.54) is 0 Å². The minimum atomic E-state index is -0.974. The summed E-state index contributed by atoms with van der Waals surface area (Å²) in [5, 5.41) is 11.7. The Kier molecular flexibility index (Phi) is 3.19. The normalized spacial score (nSPS) is 23.6. The number of nitrogens with one attached hydrogen (secondary N) is 1. The van der Waals surface area contributed by atoms with Gasteiger partial charge in [0.25, 0.3) is 5.91 Å². The third-order valence-electron chi connectivity index (χ3n) is 3.35. The third-order valence-corrected chi connectivity index (χ3v) is 3.35. The van der Waals surface area contributed by atoms with E-state index in [9.17, 15) is 9.59 Å². The van der Waals surface area contributed by atoms with Crippen LogP contribution in [0, 0.1) is 5.92 Å². The molecule has 2 aliphatic heterocycles. The summed E-state index contributed by atoms with van der Waals surface area (Å²) in [6.45, 7) is 0.451. The van der Waals surface area contributed by atoms with Crippen molar-refractivity contribution in [1.29, 1.82) is 0 Å². The van der Waals surface area contributed by atoms with Gasteiger partial charge in [-0.15, -0.1) is 0 Å². The molecule has 0 spiro atoms. The maximum absolute atomic E-state index is 12.1.